The number of likely N-dealkylation sites (tertiary alicyclic amines) is 1. The van der Waals surface area contributed by atoms with Crippen molar-refractivity contribution in [2.45, 2.75) is 31.5 Å². The minimum Gasteiger partial charge on any atom is -0.383 e. The van der Waals surface area contributed by atoms with Gasteiger partial charge in [-0.1, -0.05) is 23.7 Å². The third-order valence-electron chi connectivity index (χ3n) is 5.20. The summed E-state index contributed by atoms with van der Waals surface area (Å²) in [5.74, 6) is -0.327. The Hall–Kier alpha value is -2.45. The zero-order valence-corrected chi connectivity index (χ0v) is 16.2. The molecule has 3 heterocycles. The quantitative estimate of drug-likeness (QED) is 0.666. The standard InChI is InChI=1S/C20H19ClF3N5/c21-14-5-3-12(4-6-14)9-29-7-1-2-13(10-29)16-8-15(20(22,23)24)17-18(25)26-11-27-19(17)28-16/h3-6,8,11,13H,1-2,7,9-10H2,(H2,25,26,27,28)/t13-/m0/s1. The third kappa shape index (κ3) is 4.28. The van der Waals surface area contributed by atoms with Crippen LogP contribution in [0.15, 0.2) is 36.7 Å². The largest absolute Gasteiger partial charge is 0.417 e. The molecule has 1 atom stereocenters. The van der Waals surface area contributed by atoms with Crippen LogP contribution < -0.4 is 5.73 Å². The molecule has 0 saturated carbocycles. The lowest BCUT2D eigenvalue weighted by Gasteiger charge is -2.32. The van der Waals surface area contributed by atoms with Crippen molar-refractivity contribution in [2.24, 2.45) is 0 Å². The van der Waals surface area contributed by atoms with Crippen molar-refractivity contribution in [1.29, 1.82) is 0 Å². The first-order chi connectivity index (χ1) is 13.8. The molecule has 2 aromatic heterocycles. The first kappa shape index (κ1) is 19.8. The van der Waals surface area contributed by atoms with Crippen LogP contribution >= 0.6 is 11.6 Å². The lowest BCUT2D eigenvalue weighted by Crippen LogP contribution is -2.34. The van der Waals surface area contributed by atoms with Crippen molar-refractivity contribution >= 4 is 28.5 Å². The molecule has 1 aliphatic heterocycles. The van der Waals surface area contributed by atoms with Crippen molar-refractivity contribution in [3.8, 4) is 0 Å². The van der Waals surface area contributed by atoms with Gasteiger partial charge in [0, 0.05) is 29.7 Å². The Morgan fingerprint density at radius 1 is 1.17 bits per heavy atom. The van der Waals surface area contributed by atoms with E-state index in [2.05, 4.69) is 19.9 Å². The Kier molecular flexibility index (Phi) is 5.31. The maximum atomic E-state index is 13.7. The van der Waals surface area contributed by atoms with E-state index in [0.717, 1.165) is 37.3 Å². The molecule has 29 heavy (non-hydrogen) atoms. The van der Waals surface area contributed by atoms with Crippen molar-refractivity contribution in [2.75, 3.05) is 18.8 Å². The maximum absolute atomic E-state index is 13.7. The van der Waals surface area contributed by atoms with E-state index in [1.165, 1.54) is 0 Å². The molecule has 0 radical (unpaired) electrons. The SMILES string of the molecule is Nc1ncnc2nc([C@H]3CCCN(Cc4ccc(Cl)cc4)C3)cc(C(F)(F)F)c12. The molecular formula is C20H19ClF3N5. The molecule has 0 aliphatic carbocycles. The summed E-state index contributed by atoms with van der Waals surface area (Å²) in [6.07, 6.45) is -1.77. The molecule has 0 unspecified atom stereocenters. The molecule has 5 nitrogen and oxygen atoms in total. The number of nitrogens with zero attached hydrogens (tertiary/aromatic N) is 4. The molecule has 1 aliphatic rings. The van der Waals surface area contributed by atoms with Gasteiger partial charge in [-0.15, -0.1) is 0 Å². The predicted octanol–water partition coefficient (Wildman–Crippen LogP) is 4.66. The number of nitrogens with two attached hydrogens (primary N) is 1. The number of alkyl halides is 3. The zero-order chi connectivity index (χ0) is 20.6. The number of anilines is 1. The van der Waals surface area contributed by atoms with E-state index < -0.39 is 11.7 Å². The Morgan fingerprint density at radius 2 is 1.93 bits per heavy atom. The number of hydrogen-bond acceptors (Lipinski definition) is 5. The number of fused-ring (bicyclic) bond motifs is 1. The average Bonchev–Trinajstić information content (AvgIpc) is 2.69. The highest BCUT2D eigenvalue weighted by molar-refractivity contribution is 6.30. The van der Waals surface area contributed by atoms with Crippen molar-refractivity contribution < 1.29 is 13.2 Å². The highest BCUT2D eigenvalue weighted by atomic mass is 35.5. The van der Waals surface area contributed by atoms with Crippen molar-refractivity contribution in [3.63, 3.8) is 0 Å². The van der Waals surface area contributed by atoms with Gasteiger partial charge < -0.3 is 5.73 Å². The number of rotatable bonds is 3. The summed E-state index contributed by atoms with van der Waals surface area (Å²) in [6.45, 7) is 2.22. The van der Waals surface area contributed by atoms with Gasteiger partial charge in [-0.3, -0.25) is 4.90 Å². The molecule has 2 N–H and O–H groups in total. The summed E-state index contributed by atoms with van der Waals surface area (Å²) in [7, 11) is 0. The number of benzene rings is 1. The number of nitrogen functional groups attached to an aromatic ring is 1. The lowest BCUT2D eigenvalue weighted by molar-refractivity contribution is -0.136. The molecule has 1 saturated heterocycles. The van der Waals surface area contributed by atoms with Crippen LogP contribution in [0.2, 0.25) is 5.02 Å². The highest BCUT2D eigenvalue weighted by Gasteiger charge is 2.36. The predicted molar refractivity (Wildman–Crippen MR) is 105 cm³/mol. The molecule has 4 rings (SSSR count). The van der Waals surface area contributed by atoms with E-state index in [9.17, 15) is 13.2 Å². The van der Waals surface area contributed by atoms with E-state index in [1.807, 2.05) is 24.3 Å². The molecule has 1 fully saturated rings. The molecule has 0 spiro atoms. The second-order valence-electron chi connectivity index (χ2n) is 7.25. The van der Waals surface area contributed by atoms with Gasteiger partial charge in [0.1, 0.15) is 12.1 Å². The number of piperidine rings is 1. The summed E-state index contributed by atoms with van der Waals surface area (Å²) in [5, 5.41) is 0.434. The van der Waals surface area contributed by atoms with Crippen LogP contribution in [0.1, 0.15) is 35.6 Å². The zero-order valence-electron chi connectivity index (χ0n) is 15.5. The monoisotopic (exact) mass is 421 g/mol. The topological polar surface area (TPSA) is 67.9 Å². The molecule has 0 bridgehead atoms. The van der Waals surface area contributed by atoms with E-state index in [4.69, 9.17) is 17.3 Å². The maximum Gasteiger partial charge on any atom is 0.417 e. The molecule has 3 aromatic rings. The van der Waals surface area contributed by atoms with Crippen molar-refractivity contribution in [1.82, 2.24) is 19.9 Å². The van der Waals surface area contributed by atoms with E-state index in [-0.39, 0.29) is 22.8 Å². The van der Waals surface area contributed by atoms with Gasteiger partial charge in [-0.25, -0.2) is 15.0 Å². The van der Waals surface area contributed by atoms with Gasteiger partial charge in [0.15, 0.2) is 5.65 Å². The average molecular weight is 422 g/mol. The second kappa shape index (κ2) is 7.76. The number of aromatic nitrogens is 3. The summed E-state index contributed by atoms with van der Waals surface area (Å²) in [5.41, 5.74) is 6.35. The Balaban J connectivity index is 1.64. The Morgan fingerprint density at radius 3 is 2.66 bits per heavy atom. The fourth-order valence-electron chi connectivity index (χ4n) is 3.83. The van der Waals surface area contributed by atoms with Crippen LogP contribution in [0.3, 0.4) is 0 Å². The van der Waals surface area contributed by atoms with Gasteiger partial charge in [0.05, 0.1) is 10.9 Å². The Bertz CT molecular complexity index is 1020. The molecule has 152 valence electrons. The number of pyridine rings is 1. The van der Waals surface area contributed by atoms with Crippen LogP contribution in [0.25, 0.3) is 11.0 Å². The van der Waals surface area contributed by atoms with Crippen LogP contribution in [0, 0.1) is 0 Å². The molecule has 0 amide bonds. The molecular weight excluding hydrogens is 403 g/mol. The van der Waals surface area contributed by atoms with Gasteiger partial charge in [-0.2, -0.15) is 13.2 Å². The normalized spacial score (nSPS) is 18.3. The van der Waals surface area contributed by atoms with Crippen molar-refractivity contribution in [3.05, 3.63) is 58.5 Å². The van der Waals surface area contributed by atoms with Gasteiger partial charge in [0.2, 0.25) is 0 Å². The molecule has 9 heteroatoms. The smallest absolute Gasteiger partial charge is 0.383 e. The summed E-state index contributed by atoms with van der Waals surface area (Å²) in [6, 6.07) is 8.70. The van der Waals surface area contributed by atoms with Gasteiger partial charge in [0.25, 0.3) is 0 Å². The highest BCUT2D eigenvalue weighted by Crippen LogP contribution is 2.38. The van der Waals surface area contributed by atoms with Gasteiger partial charge in [-0.05, 0) is 43.1 Å². The fraction of sp³-hybridized carbons (Fsp3) is 0.350. The number of hydrogen-bond donors (Lipinski definition) is 1. The lowest BCUT2D eigenvalue weighted by atomic mass is 9.92. The van der Waals surface area contributed by atoms with E-state index in [1.54, 1.807) is 0 Å². The van der Waals surface area contributed by atoms with Crippen LogP contribution in [-0.2, 0) is 12.7 Å². The molecule has 1 aromatic carbocycles. The van der Waals surface area contributed by atoms with Crippen LogP contribution in [-0.4, -0.2) is 32.9 Å². The minimum absolute atomic E-state index is 0.0165. The second-order valence-corrected chi connectivity index (χ2v) is 7.69. The van der Waals surface area contributed by atoms with E-state index >= 15 is 0 Å². The third-order valence-corrected chi connectivity index (χ3v) is 5.45. The first-order valence-electron chi connectivity index (χ1n) is 9.26. The van der Waals surface area contributed by atoms with Gasteiger partial charge >= 0.3 is 6.18 Å². The summed E-state index contributed by atoms with van der Waals surface area (Å²) in [4.78, 5) is 14.3. The first-order valence-corrected chi connectivity index (χ1v) is 9.64. The Labute approximate surface area is 170 Å². The van der Waals surface area contributed by atoms with Crippen LogP contribution in [0.5, 0.6) is 0 Å². The van der Waals surface area contributed by atoms with E-state index in [0.29, 0.717) is 23.8 Å². The number of halogens is 4. The summed E-state index contributed by atoms with van der Waals surface area (Å²) >= 11 is 5.94. The fourth-order valence-corrected chi connectivity index (χ4v) is 3.95. The minimum atomic E-state index is -4.56. The van der Waals surface area contributed by atoms with Crippen LogP contribution in [0.4, 0.5) is 19.0 Å². The summed E-state index contributed by atoms with van der Waals surface area (Å²) < 4.78 is 41.0.